The van der Waals surface area contributed by atoms with Gasteiger partial charge in [0.15, 0.2) is 0 Å². The number of nitrogens with zero attached hydrogens (tertiary/aromatic N) is 2. The molecular formula is C22H27N3O3. The van der Waals surface area contributed by atoms with Crippen LogP contribution >= 0.6 is 0 Å². The van der Waals surface area contributed by atoms with Crippen molar-refractivity contribution in [2.45, 2.75) is 25.5 Å². The Morgan fingerprint density at radius 2 is 1.86 bits per heavy atom. The van der Waals surface area contributed by atoms with E-state index in [0.29, 0.717) is 6.42 Å². The van der Waals surface area contributed by atoms with Crippen molar-refractivity contribution >= 4 is 17.3 Å². The Balaban J connectivity index is 1.40. The molecule has 0 spiro atoms. The van der Waals surface area contributed by atoms with Gasteiger partial charge in [0.25, 0.3) is 0 Å². The van der Waals surface area contributed by atoms with E-state index in [-0.39, 0.29) is 11.9 Å². The van der Waals surface area contributed by atoms with E-state index in [2.05, 4.69) is 28.1 Å². The minimum absolute atomic E-state index is 0.00272. The summed E-state index contributed by atoms with van der Waals surface area (Å²) in [4.78, 5) is 16.2. The summed E-state index contributed by atoms with van der Waals surface area (Å²) < 4.78 is 5.49. The van der Waals surface area contributed by atoms with E-state index in [0.717, 1.165) is 54.4 Å². The van der Waals surface area contributed by atoms with Gasteiger partial charge in [-0.2, -0.15) is 0 Å². The van der Waals surface area contributed by atoms with Crippen LogP contribution in [0.5, 0.6) is 5.75 Å². The summed E-state index contributed by atoms with van der Waals surface area (Å²) in [6, 6.07) is 13.9. The number of methoxy groups -OCH3 is 1. The Labute approximate surface area is 165 Å². The van der Waals surface area contributed by atoms with Gasteiger partial charge in [-0.1, -0.05) is 24.3 Å². The number of aliphatic hydroxyl groups is 1. The van der Waals surface area contributed by atoms with Gasteiger partial charge >= 0.3 is 0 Å². The van der Waals surface area contributed by atoms with Crippen molar-refractivity contribution in [1.82, 2.24) is 4.90 Å². The van der Waals surface area contributed by atoms with Crippen molar-refractivity contribution in [3.8, 4) is 5.75 Å². The third kappa shape index (κ3) is 3.57. The number of hydrogen-bond acceptors (Lipinski definition) is 5. The van der Waals surface area contributed by atoms with E-state index < -0.39 is 6.10 Å². The zero-order chi connectivity index (χ0) is 19.7. The molecule has 2 aliphatic rings. The predicted octanol–water partition coefficient (Wildman–Crippen LogP) is 2.43. The molecule has 1 fully saturated rings. The monoisotopic (exact) mass is 381 g/mol. The van der Waals surface area contributed by atoms with Gasteiger partial charge in [-0.25, -0.2) is 0 Å². The van der Waals surface area contributed by atoms with Crippen LogP contribution in [0.1, 0.15) is 24.2 Å². The van der Waals surface area contributed by atoms with Crippen LogP contribution in [0.2, 0.25) is 0 Å². The van der Waals surface area contributed by atoms with Crippen LogP contribution < -0.4 is 15.0 Å². The summed E-state index contributed by atoms with van der Waals surface area (Å²) in [5.41, 5.74) is 3.82. The van der Waals surface area contributed by atoms with Crippen LogP contribution in [0.25, 0.3) is 0 Å². The van der Waals surface area contributed by atoms with Crippen LogP contribution in [0.4, 0.5) is 11.4 Å². The van der Waals surface area contributed by atoms with Gasteiger partial charge in [0.05, 0.1) is 25.3 Å². The number of piperazine rings is 1. The summed E-state index contributed by atoms with van der Waals surface area (Å²) in [6.07, 6.45) is -0.194. The second-order valence-electron chi connectivity index (χ2n) is 7.52. The van der Waals surface area contributed by atoms with Gasteiger partial charge < -0.3 is 20.1 Å². The van der Waals surface area contributed by atoms with Crippen molar-refractivity contribution in [3.63, 3.8) is 0 Å². The number of rotatable bonds is 5. The first-order valence-corrected chi connectivity index (χ1v) is 9.79. The number of carbonyl (C=O) groups excluding carboxylic acids is 1. The van der Waals surface area contributed by atoms with E-state index >= 15 is 0 Å². The zero-order valence-corrected chi connectivity index (χ0v) is 16.4. The highest BCUT2D eigenvalue weighted by molar-refractivity contribution is 5.99. The summed E-state index contributed by atoms with van der Waals surface area (Å²) in [5, 5.41) is 13.8. The molecule has 0 aromatic heterocycles. The van der Waals surface area contributed by atoms with Crippen molar-refractivity contribution < 1.29 is 14.6 Å². The van der Waals surface area contributed by atoms with Gasteiger partial charge in [0.1, 0.15) is 5.75 Å². The first-order chi connectivity index (χ1) is 13.6. The molecule has 2 aliphatic heterocycles. The predicted molar refractivity (Wildman–Crippen MR) is 110 cm³/mol. The molecule has 2 aromatic carbocycles. The molecular weight excluding hydrogens is 354 g/mol. The van der Waals surface area contributed by atoms with Crippen LogP contribution in [-0.2, 0) is 11.2 Å². The number of benzene rings is 2. The number of nitrogens with one attached hydrogen (secondary N) is 1. The molecule has 2 atom stereocenters. The number of aliphatic hydroxyl groups excluding tert-OH is 1. The Morgan fingerprint density at radius 1 is 1.11 bits per heavy atom. The van der Waals surface area contributed by atoms with E-state index in [9.17, 15) is 9.90 Å². The third-order valence-corrected chi connectivity index (χ3v) is 5.87. The molecule has 6 nitrogen and oxygen atoms in total. The molecule has 2 heterocycles. The number of para-hydroxylation sites is 2. The highest BCUT2D eigenvalue weighted by Crippen LogP contribution is 2.31. The van der Waals surface area contributed by atoms with Gasteiger partial charge in [-0.15, -0.1) is 0 Å². The molecule has 6 heteroatoms. The molecule has 148 valence electrons. The summed E-state index contributed by atoms with van der Waals surface area (Å²) in [6.45, 7) is 5.60. The maximum Gasteiger partial charge on any atom is 0.228 e. The lowest BCUT2D eigenvalue weighted by molar-refractivity contribution is -0.115. The van der Waals surface area contributed by atoms with Crippen LogP contribution in [0.15, 0.2) is 42.5 Å². The Hall–Kier alpha value is -2.57. The normalized spacial score (nSPS) is 19.1. The number of carbonyl (C=O) groups is 1. The van der Waals surface area contributed by atoms with Crippen LogP contribution in [-0.4, -0.2) is 55.2 Å². The Morgan fingerprint density at radius 3 is 2.61 bits per heavy atom. The van der Waals surface area contributed by atoms with Crippen molar-refractivity contribution in [1.29, 1.82) is 0 Å². The fourth-order valence-electron chi connectivity index (χ4n) is 4.17. The molecule has 2 unspecified atom stereocenters. The van der Waals surface area contributed by atoms with Crippen molar-refractivity contribution in [2.75, 3.05) is 43.5 Å². The molecule has 1 saturated heterocycles. The van der Waals surface area contributed by atoms with E-state index in [1.54, 1.807) is 7.11 Å². The minimum Gasteiger partial charge on any atom is -0.495 e. The number of anilines is 2. The maximum atomic E-state index is 11.6. The molecule has 1 amide bonds. The lowest BCUT2D eigenvalue weighted by Crippen LogP contribution is -2.51. The fourth-order valence-corrected chi connectivity index (χ4v) is 4.17. The second kappa shape index (κ2) is 7.81. The lowest BCUT2D eigenvalue weighted by atomic mass is 9.98. The second-order valence-corrected chi connectivity index (χ2v) is 7.52. The number of hydrogen-bond donors (Lipinski definition) is 2. The third-order valence-electron chi connectivity index (χ3n) is 5.87. The Bertz CT molecular complexity index is 862. The smallest absolute Gasteiger partial charge is 0.228 e. The summed E-state index contributed by atoms with van der Waals surface area (Å²) in [5.74, 6) is 0.910. The van der Waals surface area contributed by atoms with Crippen molar-refractivity contribution in [3.05, 3.63) is 53.6 Å². The average molecular weight is 381 g/mol. The maximum absolute atomic E-state index is 11.6. The van der Waals surface area contributed by atoms with E-state index in [1.165, 1.54) is 0 Å². The van der Waals surface area contributed by atoms with Gasteiger partial charge in [0, 0.05) is 37.9 Å². The molecule has 0 aliphatic carbocycles. The SMILES string of the molecule is COc1ccccc1N1CCN(C(C)C(O)c2ccc3c(c2)CC(=O)N3)CC1. The number of ether oxygens (including phenoxy) is 1. The summed E-state index contributed by atoms with van der Waals surface area (Å²) in [7, 11) is 1.70. The average Bonchev–Trinajstić information content (AvgIpc) is 3.12. The summed E-state index contributed by atoms with van der Waals surface area (Å²) >= 11 is 0. The largest absolute Gasteiger partial charge is 0.495 e. The quantitative estimate of drug-likeness (QED) is 0.833. The molecule has 2 N–H and O–H groups in total. The van der Waals surface area contributed by atoms with E-state index in [4.69, 9.17) is 4.74 Å². The fraction of sp³-hybridized carbons (Fsp3) is 0.409. The van der Waals surface area contributed by atoms with E-state index in [1.807, 2.05) is 36.4 Å². The number of fused-ring (bicyclic) bond motifs is 1. The standard InChI is InChI=1S/C22H27N3O3/c1-15(22(27)16-7-8-18-17(13-16)14-21(26)23-18)24-9-11-25(12-10-24)19-5-3-4-6-20(19)28-2/h3-8,13,15,22,27H,9-12,14H2,1-2H3,(H,23,26). The molecule has 0 saturated carbocycles. The highest BCUT2D eigenvalue weighted by atomic mass is 16.5. The molecule has 4 rings (SSSR count). The highest BCUT2D eigenvalue weighted by Gasteiger charge is 2.28. The van der Waals surface area contributed by atoms with Crippen molar-refractivity contribution in [2.24, 2.45) is 0 Å². The topological polar surface area (TPSA) is 65.0 Å². The van der Waals surface area contributed by atoms with Gasteiger partial charge in [-0.05, 0) is 36.2 Å². The Kier molecular flexibility index (Phi) is 5.24. The van der Waals surface area contributed by atoms with Crippen LogP contribution in [0.3, 0.4) is 0 Å². The van der Waals surface area contributed by atoms with Crippen LogP contribution in [0, 0.1) is 0 Å². The molecule has 28 heavy (non-hydrogen) atoms. The zero-order valence-electron chi connectivity index (χ0n) is 16.4. The minimum atomic E-state index is -0.584. The van der Waals surface area contributed by atoms with Gasteiger partial charge in [-0.3, -0.25) is 9.69 Å². The molecule has 0 radical (unpaired) electrons. The molecule has 2 aromatic rings. The molecule has 0 bridgehead atoms. The first kappa shape index (κ1) is 18.8. The number of amides is 1. The first-order valence-electron chi connectivity index (χ1n) is 9.79. The van der Waals surface area contributed by atoms with Gasteiger partial charge in [0.2, 0.25) is 5.91 Å². The lowest BCUT2D eigenvalue weighted by Gasteiger charge is -2.40.